The van der Waals surface area contributed by atoms with Crippen molar-refractivity contribution in [3.63, 3.8) is 0 Å². The summed E-state index contributed by atoms with van der Waals surface area (Å²) in [5, 5.41) is 9.24. The van der Waals surface area contributed by atoms with Crippen LogP contribution in [-0.2, 0) is 0 Å². The number of rotatable bonds is 5. The molecule has 0 radical (unpaired) electrons. The Morgan fingerprint density at radius 2 is 2.17 bits per heavy atom. The molecular formula is C12H16F2N2O2. The molecule has 0 spiro atoms. The number of aromatic hydroxyl groups is 1. The first-order valence-electron chi connectivity index (χ1n) is 5.52. The molecule has 100 valence electrons. The lowest BCUT2D eigenvalue weighted by Gasteiger charge is -2.22. The van der Waals surface area contributed by atoms with Crippen LogP contribution in [0, 0.1) is 6.92 Å². The highest BCUT2D eigenvalue weighted by molar-refractivity contribution is 5.95. The third kappa shape index (κ3) is 3.66. The Balaban J connectivity index is 2.94. The fourth-order valence-corrected chi connectivity index (χ4v) is 1.66. The van der Waals surface area contributed by atoms with Crippen LogP contribution in [0.25, 0.3) is 0 Å². The van der Waals surface area contributed by atoms with Crippen molar-refractivity contribution in [2.75, 3.05) is 19.6 Å². The van der Waals surface area contributed by atoms with E-state index in [4.69, 9.17) is 5.73 Å². The number of carbonyl (C=O) groups is 1. The van der Waals surface area contributed by atoms with Crippen LogP contribution < -0.4 is 5.73 Å². The van der Waals surface area contributed by atoms with Gasteiger partial charge in [-0.1, -0.05) is 0 Å². The van der Waals surface area contributed by atoms with E-state index in [9.17, 15) is 18.7 Å². The van der Waals surface area contributed by atoms with Crippen molar-refractivity contribution in [3.8, 4) is 5.75 Å². The number of nitrogens with two attached hydrogens (primary N) is 1. The standard InChI is InChI=1S/C12H16F2N2O2/c1-8-6-9(17)2-3-10(8)12(18)16(5-4-15)7-11(13)14/h2-3,6,11,17H,4-5,7,15H2,1H3. The molecule has 0 unspecified atom stereocenters. The molecule has 4 nitrogen and oxygen atoms in total. The summed E-state index contributed by atoms with van der Waals surface area (Å²) in [6, 6.07) is 4.18. The number of hydrogen-bond donors (Lipinski definition) is 2. The fourth-order valence-electron chi connectivity index (χ4n) is 1.66. The van der Waals surface area contributed by atoms with Crippen molar-refractivity contribution < 1.29 is 18.7 Å². The van der Waals surface area contributed by atoms with Crippen LogP contribution in [0.5, 0.6) is 5.75 Å². The van der Waals surface area contributed by atoms with Crippen molar-refractivity contribution in [3.05, 3.63) is 29.3 Å². The molecule has 6 heteroatoms. The van der Waals surface area contributed by atoms with E-state index in [1.165, 1.54) is 18.2 Å². The number of nitrogens with zero attached hydrogens (tertiary/aromatic N) is 1. The van der Waals surface area contributed by atoms with Crippen LogP contribution in [-0.4, -0.2) is 42.0 Å². The molecule has 1 amide bonds. The maximum Gasteiger partial charge on any atom is 0.255 e. The fraction of sp³-hybridized carbons (Fsp3) is 0.417. The van der Waals surface area contributed by atoms with E-state index in [-0.39, 0.29) is 18.8 Å². The van der Waals surface area contributed by atoms with Gasteiger partial charge in [0.2, 0.25) is 0 Å². The average Bonchev–Trinajstić information content (AvgIpc) is 2.27. The van der Waals surface area contributed by atoms with Gasteiger partial charge in [-0.3, -0.25) is 4.79 Å². The van der Waals surface area contributed by atoms with Gasteiger partial charge in [-0.05, 0) is 30.7 Å². The molecule has 0 saturated heterocycles. The van der Waals surface area contributed by atoms with Gasteiger partial charge >= 0.3 is 0 Å². The van der Waals surface area contributed by atoms with E-state index < -0.39 is 18.9 Å². The molecule has 0 aliphatic heterocycles. The number of halogens is 2. The minimum absolute atomic E-state index is 0.0308. The van der Waals surface area contributed by atoms with Crippen LogP contribution in [0.4, 0.5) is 8.78 Å². The number of benzene rings is 1. The van der Waals surface area contributed by atoms with E-state index in [1.807, 2.05) is 0 Å². The number of phenolic OH excluding ortho intramolecular Hbond substituents is 1. The van der Waals surface area contributed by atoms with Gasteiger partial charge in [0.15, 0.2) is 0 Å². The second kappa shape index (κ2) is 6.30. The highest BCUT2D eigenvalue weighted by atomic mass is 19.3. The maximum atomic E-state index is 12.4. The molecule has 1 aromatic carbocycles. The number of carbonyl (C=O) groups excluding carboxylic acids is 1. The smallest absolute Gasteiger partial charge is 0.255 e. The second-order valence-corrected chi connectivity index (χ2v) is 3.93. The molecule has 0 aliphatic carbocycles. The lowest BCUT2D eigenvalue weighted by molar-refractivity contribution is 0.0562. The van der Waals surface area contributed by atoms with Gasteiger partial charge in [0, 0.05) is 18.7 Å². The predicted octanol–water partition coefficient (Wildman–Crippen LogP) is 1.37. The Labute approximate surface area is 104 Å². The highest BCUT2D eigenvalue weighted by Gasteiger charge is 2.20. The van der Waals surface area contributed by atoms with Gasteiger partial charge in [0.1, 0.15) is 5.75 Å². The topological polar surface area (TPSA) is 66.6 Å². The summed E-state index contributed by atoms with van der Waals surface area (Å²) in [6.07, 6.45) is -2.60. The second-order valence-electron chi connectivity index (χ2n) is 3.93. The molecular weight excluding hydrogens is 242 g/mol. The number of amides is 1. The van der Waals surface area contributed by atoms with Crippen LogP contribution in [0.3, 0.4) is 0 Å². The third-order valence-corrected chi connectivity index (χ3v) is 2.49. The van der Waals surface area contributed by atoms with Gasteiger partial charge in [0.05, 0.1) is 6.54 Å². The van der Waals surface area contributed by atoms with Crippen molar-refractivity contribution >= 4 is 5.91 Å². The number of hydrogen-bond acceptors (Lipinski definition) is 3. The Kier molecular flexibility index (Phi) is 5.03. The van der Waals surface area contributed by atoms with Gasteiger partial charge < -0.3 is 15.7 Å². The lowest BCUT2D eigenvalue weighted by atomic mass is 10.1. The SMILES string of the molecule is Cc1cc(O)ccc1C(=O)N(CCN)CC(F)F. The van der Waals surface area contributed by atoms with Gasteiger partial charge in [-0.15, -0.1) is 0 Å². The van der Waals surface area contributed by atoms with Crippen molar-refractivity contribution in [1.29, 1.82) is 0 Å². The average molecular weight is 258 g/mol. The van der Waals surface area contributed by atoms with E-state index >= 15 is 0 Å². The zero-order valence-corrected chi connectivity index (χ0v) is 10.1. The Bertz CT molecular complexity index is 425. The number of phenols is 1. The largest absolute Gasteiger partial charge is 0.508 e. The van der Waals surface area contributed by atoms with E-state index in [1.54, 1.807) is 6.92 Å². The molecule has 0 aliphatic rings. The summed E-state index contributed by atoms with van der Waals surface area (Å²) in [4.78, 5) is 13.1. The first-order chi connectivity index (χ1) is 8.45. The molecule has 0 heterocycles. The molecule has 3 N–H and O–H groups in total. The quantitative estimate of drug-likeness (QED) is 0.838. The summed E-state index contributed by atoms with van der Waals surface area (Å²) in [7, 11) is 0. The zero-order valence-electron chi connectivity index (χ0n) is 10.1. The maximum absolute atomic E-state index is 12.4. The predicted molar refractivity (Wildman–Crippen MR) is 63.8 cm³/mol. The van der Waals surface area contributed by atoms with E-state index in [0.717, 1.165) is 4.90 Å². The van der Waals surface area contributed by atoms with E-state index in [0.29, 0.717) is 11.1 Å². The highest BCUT2D eigenvalue weighted by Crippen LogP contribution is 2.17. The van der Waals surface area contributed by atoms with Crippen LogP contribution in [0.15, 0.2) is 18.2 Å². The van der Waals surface area contributed by atoms with Gasteiger partial charge in [-0.2, -0.15) is 0 Å². The summed E-state index contributed by atoms with van der Waals surface area (Å²) >= 11 is 0. The van der Waals surface area contributed by atoms with E-state index in [2.05, 4.69) is 0 Å². The minimum Gasteiger partial charge on any atom is -0.508 e. The summed E-state index contributed by atoms with van der Waals surface area (Å²) in [5.74, 6) is -0.471. The van der Waals surface area contributed by atoms with Crippen molar-refractivity contribution in [2.24, 2.45) is 5.73 Å². The Morgan fingerprint density at radius 1 is 1.50 bits per heavy atom. The normalized spacial score (nSPS) is 10.7. The molecule has 0 atom stereocenters. The van der Waals surface area contributed by atoms with Crippen molar-refractivity contribution in [2.45, 2.75) is 13.3 Å². The molecule has 1 rings (SSSR count). The number of aryl methyl sites for hydroxylation is 1. The van der Waals surface area contributed by atoms with Gasteiger partial charge in [0.25, 0.3) is 12.3 Å². The molecule has 0 bridgehead atoms. The first-order valence-corrected chi connectivity index (χ1v) is 5.52. The van der Waals surface area contributed by atoms with Gasteiger partial charge in [-0.25, -0.2) is 8.78 Å². The lowest BCUT2D eigenvalue weighted by Crippen LogP contribution is -2.38. The van der Waals surface area contributed by atoms with Crippen LogP contribution in [0.1, 0.15) is 15.9 Å². The number of alkyl halides is 2. The summed E-state index contributed by atoms with van der Waals surface area (Å²) in [5.41, 5.74) is 6.14. The molecule has 0 saturated carbocycles. The summed E-state index contributed by atoms with van der Waals surface area (Å²) in [6.45, 7) is 1.19. The summed E-state index contributed by atoms with van der Waals surface area (Å²) < 4.78 is 24.7. The molecule has 1 aromatic rings. The Hall–Kier alpha value is -1.69. The molecule has 18 heavy (non-hydrogen) atoms. The first kappa shape index (κ1) is 14.4. The van der Waals surface area contributed by atoms with Crippen molar-refractivity contribution in [1.82, 2.24) is 4.90 Å². The Morgan fingerprint density at radius 3 is 2.67 bits per heavy atom. The molecule has 0 aromatic heterocycles. The third-order valence-electron chi connectivity index (χ3n) is 2.49. The minimum atomic E-state index is -2.60. The van der Waals surface area contributed by atoms with Crippen LogP contribution in [0.2, 0.25) is 0 Å². The van der Waals surface area contributed by atoms with Crippen LogP contribution >= 0.6 is 0 Å². The molecule has 0 fully saturated rings. The monoisotopic (exact) mass is 258 g/mol. The zero-order chi connectivity index (χ0) is 13.7.